The molecule has 1 amide bonds. The van der Waals surface area contributed by atoms with E-state index >= 15 is 0 Å². The molecule has 6 nitrogen and oxygen atoms in total. The van der Waals surface area contributed by atoms with Crippen molar-refractivity contribution < 1.29 is 14.3 Å². The molecule has 2 aromatic carbocycles. The minimum atomic E-state index is -0.135. The number of hydrogen-bond acceptors (Lipinski definition) is 6. The second kappa shape index (κ2) is 10.7. The summed E-state index contributed by atoms with van der Waals surface area (Å²) < 4.78 is 10.7. The van der Waals surface area contributed by atoms with Crippen molar-refractivity contribution >= 4 is 22.9 Å². The number of carbonyl (C=O) groups is 1. The van der Waals surface area contributed by atoms with Gasteiger partial charge in [0.15, 0.2) is 0 Å². The van der Waals surface area contributed by atoms with Gasteiger partial charge in [0.2, 0.25) is 0 Å². The van der Waals surface area contributed by atoms with Crippen LogP contribution in [-0.4, -0.2) is 57.2 Å². The van der Waals surface area contributed by atoms with Gasteiger partial charge in [0, 0.05) is 54.4 Å². The summed E-state index contributed by atoms with van der Waals surface area (Å²) in [4.78, 5) is 19.3. The van der Waals surface area contributed by atoms with Crippen LogP contribution >= 0.6 is 11.3 Å². The lowest BCUT2D eigenvalue weighted by atomic mass is 10.0. The average Bonchev–Trinajstić information content (AvgIpc) is 3.39. The molecular formula is C26H31N3O3S. The summed E-state index contributed by atoms with van der Waals surface area (Å²) in [7, 11) is 3.17. The van der Waals surface area contributed by atoms with E-state index in [0.29, 0.717) is 17.1 Å². The molecule has 0 spiro atoms. The molecule has 0 radical (unpaired) electrons. The number of methoxy groups -OCH3 is 2. The van der Waals surface area contributed by atoms with E-state index in [-0.39, 0.29) is 18.0 Å². The molecule has 2 atom stereocenters. The number of benzene rings is 2. The molecule has 2 heterocycles. The number of nitrogens with one attached hydrogen (secondary N) is 1. The highest BCUT2D eigenvalue weighted by Crippen LogP contribution is 2.31. The Labute approximate surface area is 199 Å². The Morgan fingerprint density at radius 3 is 2.18 bits per heavy atom. The monoisotopic (exact) mass is 465 g/mol. The first kappa shape index (κ1) is 23.1. The highest BCUT2D eigenvalue weighted by atomic mass is 32.1. The molecule has 4 rings (SSSR count). The molecule has 1 aliphatic rings. The molecule has 1 fully saturated rings. The highest BCUT2D eigenvalue weighted by Gasteiger charge is 2.31. The Bertz CT molecular complexity index is 1010. The van der Waals surface area contributed by atoms with E-state index < -0.39 is 0 Å². The summed E-state index contributed by atoms with van der Waals surface area (Å²) >= 11 is 1.74. The first-order valence-corrected chi connectivity index (χ1v) is 12.1. The van der Waals surface area contributed by atoms with Crippen molar-refractivity contribution in [3.63, 3.8) is 0 Å². The third-order valence-electron chi connectivity index (χ3n) is 6.11. The first-order valence-electron chi connectivity index (χ1n) is 11.2. The van der Waals surface area contributed by atoms with E-state index in [9.17, 15) is 4.79 Å². The maximum atomic E-state index is 13.1. The molecule has 0 aliphatic carbocycles. The van der Waals surface area contributed by atoms with Crippen LogP contribution in [0.2, 0.25) is 0 Å². The highest BCUT2D eigenvalue weighted by molar-refractivity contribution is 7.10. The van der Waals surface area contributed by atoms with E-state index in [1.807, 2.05) is 0 Å². The summed E-state index contributed by atoms with van der Waals surface area (Å²) in [5.41, 5.74) is 1.79. The molecule has 1 aromatic heterocycles. The van der Waals surface area contributed by atoms with Crippen molar-refractivity contribution in [3.05, 3.63) is 76.5 Å². The van der Waals surface area contributed by atoms with Gasteiger partial charge in [-0.25, -0.2) is 0 Å². The number of rotatable bonds is 8. The largest absolute Gasteiger partial charge is 0.497 e. The predicted molar refractivity (Wildman–Crippen MR) is 134 cm³/mol. The molecule has 1 N–H and O–H groups in total. The molecule has 174 valence electrons. The van der Waals surface area contributed by atoms with E-state index in [4.69, 9.17) is 9.47 Å². The summed E-state index contributed by atoms with van der Waals surface area (Å²) in [5.74, 6) is 1.06. The summed E-state index contributed by atoms with van der Waals surface area (Å²) in [6.45, 7) is 5.87. The molecule has 3 aromatic rings. The van der Waals surface area contributed by atoms with Crippen LogP contribution in [0, 0.1) is 0 Å². The van der Waals surface area contributed by atoms with Gasteiger partial charge in [-0.05, 0) is 42.6 Å². The van der Waals surface area contributed by atoms with E-state index in [0.717, 1.165) is 26.2 Å². The van der Waals surface area contributed by atoms with Crippen molar-refractivity contribution in [3.8, 4) is 11.5 Å². The lowest BCUT2D eigenvalue weighted by Gasteiger charge is -2.42. The van der Waals surface area contributed by atoms with Gasteiger partial charge in [-0.3, -0.25) is 9.69 Å². The third kappa shape index (κ3) is 5.49. The fourth-order valence-electron chi connectivity index (χ4n) is 4.41. The van der Waals surface area contributed by atoms with Crippen LogP contribution in [0.4, 0.5) is 5.69 Å². The zero-order valence-corrected chi connectivity index (χ0v) is 20.2. The Hall–Kier alpha value is -3.03. The van der Waals surface area contributed by atoms with Crippen LogP contribution in [0.15, 0.2) is 66.0 Å². The molecule has 33 heavy (non-hydrogen) atoms. The second-order valence-corrected chi connectivity index (χ2v) is 9.16. The van der Waals surface area contributed by atoms with E-state index in [1.165, 1.54) is 10.6 Å². The lowest BCUT2D eigenvalue weighted by Crippen LogP contribution is -2.52. The molecule has 0 bridgehead atoms. The number of hydrogen-bond donors (Lipinski definition) is 1. The topological polar surface area (TPSA) is 54.0 Å². The van der Waals surface area contributed by atoms with Gasteiger partial charge < -0.3 is 19.7 Å². The normalized spacial score (nSPS) is 16.2. The van der Waals surface area contributed by atoms with Gasteiger partial charge in [-0.15, -0.1) is 11.3 Å². The van der Waals surface area contributed by atoms with Gasteiger partial charge in [-0.2, -0.15) is 0 Å². The second-order valence-electron chi connectivity index (χ2n) is 8.18. The molecule has 0 unspecified atom stereocenters. The van der Waals surface area contributed by atoms with Crippen LogP contribution in [0.1, 0.15) is 28.2 Å². The number of ether oxygens (including phenoxy) is 2. The van der Waals surface area contributed by atoms with Crippen LogP contribution in [0.3, 0.4) is 0 Å². The first-order chi connectivity index (χ1) is 16.1. The number of nitrogens with zero attached hydrogens (tertiary/aromatic N) is 2. The summed E-state index contributed by atoms with van der Waals surface area (Å²) in [6.07, 6.45) is 0. The van der Waals surface area contributed by atoms with Gasteiger partial charge in [0.1, 0.15) is 11.5 Å². The Balaban J connectivity index is 1.48. The molecular weight excluding hydrogens is 434 g/mol. The number of piperazine rings is 1. The molecule has 0 saturated carbocycles. The van der Waals surface area contributed by atoms with Gasteiger partial charge in [0.05, 0.1) is 20.3 Å². The van der Waals surface area contributed by atoms with Crippen LogP contribution < -0.4 is 19.7 Å². The minimum absolute atomic E-state index is 0.0726. The zero-order valence-electron chi connectivity index (χ0n) is 19.4. The van der Waals surface area contributed by atoms with Crippen molar-refractivity contribution in [2.24, 2.45) is 0 Å². The lowest BCUT2D eigenvalue weighted by molar-refractivity contribution is 0.0890. The summed E-state index contributed by atoms with van der Waals surface area (Å²) in [6, 6.07) is 20.1. The van der Waals surface area contributed by atoms with Crippen LogP contribution in [-0.2, 0) is 0 Å². The minimum Gasteiger partial charge on any atom is -0.497 e. The number of thiophene rings is 1. The zero-order chi connectivity index (χ0) is 23.2. The summed E-state index contributed by atoms with van der Waals surface area (Å²) in [5, 5.41) is 5.33. The van der Waals surface area contributed by atoms with Crippen molar-refractivity contribution in [2.45, 2.75) is 19.0 Å². The van der Waals surface area contributed by atoms with Gasteiger partial charge in [0.25, 0.3) is 5.91 Å². The fraction of sp³-hybridized carbons (Fsp3) is 0.346. The van der Waals surface area contributed by atoms with Crippen LogP contribution in [0.25, 0.3) is 0 Å². The Kier molecular flexibility index (Phi) is 7.52. The van der Waals surface area contributed by atoms with Gasteiger partial charge in [-0.1, -0.05) is 24.3 Å². The fourth-order valence-corrected chi connectivity index (χ4v) is 5.37. The smallest absolute Gasteiger partial charge is 0.251 e. The predicted octanol–water partition coefficient (Wildman–Crippen LogP) is 4.45. The number of para-hydroxylation sites is 1. The maximum Gasteiger partial charge on any atom is 0.251 e. The van der Waals surface area contributed by atoms with Crippen LogP contribution in [0.5, 0.6) is 11.5 Å². The SMILES string of the molecule is COc1cc(OC)cc(C(=O)N[C@H](C)[C@@H](c2cccs2)N2CCN(c3ccccc3)CC2)c1. The van der Waals surface area contributed by atoms with E-state index in [1.54, 1.807) is 43.8 Å². The molecule has 1 saturated heterocycles. The number of carbonyl (C=O) groups excluding carboxylic acids is 1. The third-order valence-corrected chi connectivity index (χ3v) is 7.05. The quantitative estimate of drug-likeness (QED) is 0.533. The van der Waals surface area contributed by atoms with Gasteiger partial charge >= 0.3 is 0 Å². The Morgan fingerprint density at radius 1 is 0.939 bits per heavy atom. The van der Waals surface area contributed by atoms with Crippen molar-refractivity contribution in [2.75, 3.05) is 45.3 Å². The van der Waals surface area contributed by atoms with E-state index in [2.05, 4.69) is 69.9 Å². The van der Waals surface area contributed by atoms with Crippen molar-refractivity contribution in [1.29, 1.82) is 0 Å². The number of amides is 1. The molecule has 7 heteroatoms. The standard InChI is InChI=1S/C26H31N3O3S/c1-19(27-26(30)20-16-22(31-2)18-23(17-20)32-3)25(24-10-7-15-33-24)29-13-11-28(12-14-29)21-8-5-4-6-9-21/h4-10,15-19,25H,11-14H2,1-3H3,(H,27,30)/t19-,25+/m1/s1. The number of anilines is 1. The Morgan fingerprint density at radius 2 is 1.61 bits per heavy atom. The average molecular weight is 466 g/mol. The maximum absolute atomic E-state index is 13.1. The van der Waals surface area contributed by atoms with Crippen molar-refractivity contribution in [1.82, 2.24) is 10.2 Å². The molecule has 1 aliphatic heterocycles.